The third-order valence-corrected chi connectivity index (χ3v) is 2.51. The van der Waals surface area contributed by atoms with Gasteiger partial charge in [-0.25, -0.2) is 10.9 Å². The minimum Gasteiger partial charge on any atom is -0.375 e. The summed E-state index contributed by atoms with van der Waals surface area (Å²) < 4.78 is 0. The average molecular weight is 216 g/mol. The van der Waals surface area contributed by atoms with E-state index in [-0.39, 0.29) is 11.0 Å². The normalized spacial score (nSPS) is 17.8. The van der Waals surface area contributed by atoms with Gasteiger partial charge in [0.15, 0.2) is 5.11 Å². The van der Waals surface area contributed by atoms with E-state index < -0.39 is 0 Å². The average Bonchev–Trinajstić information content (AvgIpc) is 2.18. The van der Waals surface area contributed by atoms with Crippen molar-refractivity contribution in [2.24, 2.45) is 11.6 Å². The third kappa shape index (κ3) is 3.21. The number of hydrogen-bond donors (Lipinski definition) is 2. The molecule has 0 spiro atoms. The summed E-state index contributed by atoms with van der Waals surface area (Å²) in [7, 11) is 0. The zero-order valence-corrected chi connectivity index (χ0v) is 8.92. The lowest BCUT2D eigenvalue weighted by molar-refractivity contribution is -0.128. The van der Waals surface area contributed by atoms with Gasteiger partial charge in [-0.15, -0.1) is 0 Å². The number of carbonyl (C=O) groups is 1. The third-order valence-electron chi connectivity index (χ3n) is 2.31. The predicted molar refractivity (Wildman–Crippen MR) is 58.1 cm³/mol. The van der Waals surface area contributed by atoms with Gasteiger partial charge in [-0.2, -0.15) is 0 Å². The molecular weight excluding hydrogens is 200 g/mol. The Morgan fingerprint density at radius 2 is 1.93 bits per heavy atom. The van der Waals surface area contributed by atoms with Gasteiger partial charge >= 0.3 is 0 Å². The highest BCUT2D eigenvalue weighted by molar-refractivity contribution is 7.80. The molecule has 0 saturated carbocycles. The quantitative estimate of drug-likeness (QED) is 0.279. The van der Waals surface area contributed by atoms with E-state index in [2.05, 4.69) is 17.1 Å². The molecule has 1 aliphatic heterocycles. The number of hydrazine groups is 1. The molecule has 0 radical (unpaired) electrons. The monoisotopic (exact) mass is 216 g/mol. The van der Waals surface area contributed by atoms with Crippen molar-refractivity contribution in [2.75, 3.05) is 19.6 Å². The number of thiocarbonyl (C=S) groups is 1. The van der Waals surface area contributed by atoms with Crippen LogP contribution in [-0.4, -0.2) is 40.6 Å². The molecule has 1 amide bonds. The molecule has 0 aliphatic carbocycles. The maximum atomic E-state index is 11.4. The Labute approximate surface area is 89.0 Å². The number of nitrogens with zero attached hydrogens (tertiary/aromatic N) is 2. The Balaban J connectivity index is 2.35. The van der Waals surface area contributed by atoms with E-state index in [1.54, 1.807) is 0 Å². The Kier molecular flexibility index (Phi) is 4.24. The van der Waals surface area contributed by atoms with E-state index in [0.717, 1.165) is 30.9 Å². The summed E-state index contributed by atoms with van der Waals surface area (Å²) in [6.07, 6.45) is 3.53. The van der Waals surface area contributed by atoms with Crippen LogP contribution < -0.4 is 11.6 Å². The zero-order chi connectivity index (χ0) is 10.6. The Morgan fingerprint density at radius 1 is 1.36 bits per heavy atom. The smallest absolute Gasteiger partial charge is 0.257 e. The first kappa shape index (κ1) is 11.4. The van der Waals surface area contributed by atoms with E-state index in [4.69, 9.17) is 11.6 Å². The number of amides is 1. The van der Waals surface area contributed by atoms with E-state index >= 15 is 0 Å². The summed E-state index contributed by atoms with van der Waals surface area (Å²) in [5, 5.41) is 0.760. The van der Waals surface area contributed by atoms with Crippen molar-refractivity contribution in [2.45, 2.75) is 19.3 Å². The van der Waals surface area contributed by atoms with Crippen molar-refractivity contribution >= 4 is 23.2 Å². The number of nitrogens with two attached hydrogens (primary N) is 2. The highest BCUT2D eigenvalue weighted by atomic mass is 32.1. The van der Waals surface area contributed by atoms with Gasteiger partial charge < -0.3 is 5.73 Å². The van der Waals surface area contributed by atoms with E-state index in [1.165, 1.54) is 6.42 Å². The molecule has 1 saturated heterocycles. The molecule has 5 nitrogen and oxygen atoms in total. The van der Waals surface area contributed by atoms with Crippen molar-refractivity contribution < 1.29 is 4.79 Å². The van der Waals surface area contributed by atoms with Gasteiger partial charge in [0.2, 0.25) is 0 Å². The molecule has 6 heteroatoms. The van der Waals surface area contributed by atoms with Crippen LogP contribution in [0.5, 0.6) is 0 Å². The largest absolute Gasteiger partial charge is 0.375 e. The van der Waals surface area contributed by atoms with Crippen molar-refractivity contribution in [3.63, 3.8) is 0 Å². The minimum absolute atomic E-state index is 0.0768. The molecule has 0 aromatic heterocycles. The molecule has 0 aromatic carbocycles. The summed E-state index contributed by atoms with van der Waals surface area (Å²) in [5.41, 5.74) is 5.24. The van der Waals surface area contributed by atoms with Crippen molar-refractivity contribution in [3.8, 4) is 0 Å². The molecular formula is C8H16N4OS. The highest BCUT2D eigenvalue weighted by Crippen LogP contribution is 2.07. The first-order chi connectivity index (χ1) is 6.61. The molecule has 0 bridgehead atoms. The van der Waals surface area contributed by atoms with Gasteiger partial charge in [0, 0.05) is 0 Å². The van der Waals surface area contributed by atoms with Crippen LogP contribution in [0.15, 0.2) is 0 Å². The molecule has 4 N–H and O–H groups in total. The fourth-order valence-corrected chi connectivity index (χ4v) is 1.61. The molecule has 1 fully saturated rings. The van der Waals surface area contributed by atoms with Crippen molar-refractivity contribution in [1.29, 1.82) is 0 Å². The van der Waals surface area contributed by atoms with Crippen LogP contribution in [0.4, 0.5) is 0 Å². The van der Waals surface area contributed by atoms with Crippen LogP contribution >= 0.6 is 12.2 Å². The van der Waals surface area contributed by atoms with Crippen LogP contribution in [-0.2, 0) is 4.79 Å². The molecule has 1 aliphatic rings. The zero-order valence-electron chi connectivity index (χ0n) is 8.11. The van der Waals surface area contributed by atoms with E-state index in [9.17, 15) is 4.79 Å². The summed E-state index contributed by atoms with van der Waals surface area (Å²) in [6.45, 7) is 2.22. The minimum atomic E-state index is -0.237. The summed E-state index contributed by atoms with van der Waals surface area (Å²) in [6, 6.07) is 0. The molecule has 1 heterocycles. The molecule has 0 unspecified atom stereocenters. The second-order valence-corrected chi connectivity index (χ2v) is 3.86. The fourth-order valence-electron chi connectivity index (χ4n) is 1.51. The number of piperidine rings is 1. The lowest BCUT2D eigenvalue weighted by atomic mass is 10.1. The second kappa shape index (κ2) is 5.23. The standard InChI is InChI=1S/C8H16N4OS/c9-8(14)12(10)7(13)6-11-4-2-1-3-5-11/h1-6,10H2,(H2,9,14). The van der Waals surface area contributed by atoms with Crippen LogP contribution in [0.1, 0.15) is 19.3 Å². The summed E-state index contributed by atoms with van der Waals surface area (Å²) in [5.74, 6) is 5.13. The molecule has 80 valence electrons. The molecule has 14 heavy (non-hydrogen) atoms. The van der Waals surface area contributed by atoms with Gasteiger partial charge in [0.05, 0.1) is 6.54 Å². The highest BCUT2D eigenvalue weighted by Gasteiger charge is 2.17. The number of rotatable bonds is 2. The van der Waals surface area contributed by atoms with Crippen molar-refractivity contribution in [1.82, 2.24) is 9.91 Å². The lowest BCUT2D eigenvalue weighted by Crippen LogP contribution is -2.50. The second-order valence-electron chi connectivity index (χ2n) is 3.44. The topological polar surface area (TPSA) is 75.6 Å². The summed E-state index contributed by atoms with van der Waals surface area (Å²) in [4.78, 5) is 13.5. The number of carbonyl (C=O) groups excluding carboxylic acids is 1. The molecule has 1 rings (SSSR count). The first-order valence-electron chi connectivity index (χ1n) is 4.70. The van der Waals surface area contributed by atoms with Crippen LogP contribution in [0.25, 0.3) is 0 Å². The Morgan fingerprint density at radius 3 is 2.43 bits per heavy atom. The van der Waals surface area contributed by atoms with Crippen LogP contribution in [0.3, 0.4) is 0 Å². The van der Waals surface area contributed by atoms with Gasteiger partial charge in [0.25, 0.3) is 5.91 Å². The molecule has 0 aromatic rings. The summed E-state index contributed by atoms with van der Waals surface area (Å²) >= 11 is 4.60. The van der Waals surface area contributed by atoms with E-state index in [1.807, 2.05) is 0 Å². The Hall–Kier alpha value is -0.720. The Bertz CT molecular complexity index is 227. The van der Waals surface area contributed by atoms with E-state index in [0.29, 0.717) is 6.54 Å². The first-order valence-corrected chi connectivity index (χ1v) is 5.11. The number of likely N-dealkylation sites (tertiary alicyclic amines) is 1. The number of hydrogen-bond acceptors (Lipinski definition) is 4. The maximum absolute atomic E-state index is 11.4. The lowest BCUT2D eigenvalue weighted by Gasteiger charge is -2.27. The van der Waals surface area contributed by atoms with Crippen LogP contribution in [0.2, 0.25) is 0 Å². The van der Waals surface area contributed by atoms with Gasteiger partial charge in [0.1, 0.15) is 0 Å². The van der Waals surface area contributed by atoms with Crippen molar-refractivity contribution in [3.05, 3.63) is 0 Å². The maximum Gasteiger partial charge on any atom is 0.257 e. The van der Waals surface area contributed by atoms with Gasteiger partial charge in [-0.3, -0.25) is 9.69 Å². The van der Waals surface area contributed by atoms with Gasteiger partial charge in [-0.1, -0.05) is 6.42 Å². The molecule has 0 atom stereocenters. The van der Waals surface area contributed by atoms with Crippen LogP contribution in [0, 0.1) is 0 Å². The SMILES string of the molecule is NC(=S)N(N)C(=O)CN1CCCCC1. The fraction of sp³-hybridized carbons (Fsp3) is 0.750. The van der Waals surface area contributed by atoms with Gasteiger partial charge in [-0.05, 0) is 38.1 Å². The predicted octanol–water partition coefficient (Wildman–Crippen LogP) is -0.582.